The molecule has 0 unspecified atom stereocenters. The maximum Gasteiger partial charge on any atom is 0.182 e. The molecule has 0 aliphatic carbocycles. The van der Waals surface area contributed by atoms with E-state index in [4.69, 9.17) is 10.5 Å². The SMILES string of the molecule is COCc1nn(C(C)C)c2n[nH]c(N)c12. The van der Waals surface area contributed by atoms with Crippen LogP contribution in [0.25, 0.3) is 11.0 Å². The largest absolute Gasteiger partial charge is 0.383 e. The van der Waals surface area contributed by atoms with E-state index in [1.165, 1.54) is 0 Å². The van der Waals surface area contributed by atoms with Crippen LogP contribution in [-0.2, 0) is 11.3 Å². The van der Waals surface area contributed by atoms with Crippen LogP contribution in [-0.4, -0.2) is 27.1 Å². The van der Waals surface area contributed by atoms with Gasteiger partial charge in [-0.3, -0.25) is 5.10 Å². The Kier molecular flexibility index (Phi) is 2.36. The third-order valence-corrected chi connectivity index (χ3v) is 2.28. The molecule has 0 bridgehead atoms. The quantitative estimate of drug-likeness (QED) is 0.792. The summed E-state index contributed by atoms with van der Waals surface area (Å²) in [5, 5.41) is 12.2. The number of nitrogen functional groups attached to an aromatic ring is 1. The molecule has 6 heteroatoms. The van der Waals surface area contributed by atoms with Crippen LogP contribution >= 0.6 is 0 Å². The van der Waals surface area contributed by atoms with Gasteiger partial charge in [-0.1, -0.05) is 0 Å². The number of hydrogen-bond donors (Lipinski definition) is 2. The van der Waals surface area contributed by atoms with Crippen molar-refractivity contribution >= 4 is 16.9 Å². The van der Waals surface area contributed by atoms with E-state index in [2.05, 4.69) is 15.3 Å². The molecule has 6 nitrogen and oxygen atoms in total. The average Bonchev–Trinajstić information content (AvgIpc) is 2.70. The number of nitrogens with one attached hydrogen (secondary N) is 1. The summed E-state index contributed by atoms with van der Waals surface area (Å²) in [6.45, 7) is 4.54. The second kappa shape index (κ2) is 3.54. The number of nitrogens with zero attached hydrogens (tertiary/aromatic N) is 3. The van der Waals surface area contributed by atoms with E-state index in [0.29, 0.717) is 12.4 Å². The lowest BCUT2D eigenvalue weighted by Crippen LogP contribution is -2.04. The number of aromatic amines is 1. The van der Waals surface area contributed by atoms with Gasteiger partial charge in [-0.2, -0.15) is 10.2 Å². The Morgan fingerprint density at radius 3 is 2.87 bits per heavy atom. The van der Waals surface area contributed by atoms with Gasteiger partial charge in [-0.15, -0.1) is 0 Å². The van der Waals surface area contributed by atoms with Crippen molar-refractivity contribution in [3.63, 3.8) is 0 Å². The number of nitrogens with two attached hydrogens (primary N) is 1. The Morgan fingerprint density at radius 1 is 1.53 bits per heavy atom. The zero-order valence-electron chi connectivity index (χ0n) is 9.11. The van der Waals surface area contributed by atoms with Gasteiger partial charge in [0.1, 0.15) is 11.5 Å². The minimum absolute atomic E-state index is 0.251. The predicted molar refractivity (Wildman–Crippen MR) is 57.4 cm³/mol. The van der Waals surface area contributed by atoms with Crippen LogP contribution in [0.4, 0.5) is 5.82 Å². The van der Waals surface area contributed by atoms with Crippen molar-refractivity contribution in [3.8, 4) is 0 Å². The predicted octanol–water partition coefficient (Wildman–Crippen LogP) is 1.07. The Hall–Kier alpha value is -1.56. The molecule has 0 fully saturated rings. The highest BCUT2D eigenvalue weighted by molar-refractivity contribution is 5.88. The minimum Gasteiger partial charge on any atom is -0.383 e. The Labute approximate surface area is 87.4 Å². The number of H-pyrrole nitrogens is 1. The second-order valence-corrected chi connectivity index (χ2v) is 3.75. The normalized spacial score (nSPS) is 11.7. The number of hydrogen-bond acceptors (Lipinski definition) is 4. The molecule has 82 valence electrons. The molecule has 0 aliphatic rings. The summed E-state index contributed by atoms with van der Waals surface area (Å²) in [5.41, 5.74) is 7.41. The van der Waals surface area contributed by atoms with Gasteiger partial charge in [-0.25, -0.2) is 4.68 Å². The van der Waals surface area contributed by atoms with Crippen molar-refractivity contribution in [2.75, 3.05) is 12.8 Å². The van der Waals surface area contributed by atoms with E-state index in [1.54, 1.807) is 7.11 Å². The lowest BCUT2D eigenvalue weighted by molar-refractivity contribution is 0.181. The molecule has 0 aromatic carbocycles. The fourth-order valence-corrected chi connectivity index (χ4v) is 1.62. The second-order valence-electron chi connectivity index (χ2n) is 3.75. The number of ether oxygens (including phenoxy) is 1. The maximum atomic E-state index is 5.79. The molecule has 0 saturated heterocycles. The van der Waals surface area contributed by atoms with E-state index < -0.39 is 0 Å². The first-order valence-electron chi connectivity index (χ1n) is 4.85. The summed E-state index contributed by atoms with van der Waals surface area (Å²) in [6.07, 6.45) is 0. The van der Waals surface area contributed by atoms with Gasteiger partial charge in [0.05, 0.1) is 12.0 Å². The zero-order valence-corrected chi connectivity index (χ0v) is 9.11. The molecular formula is C9H15N5O. The van der Waals surface area contributed by atoms with Gasteiger partial charge >= 0.3 is 0 Å². The molecular weight excluding hydrogens is 194 g/mol. The standard InChI is InChI=1S/C9H15N5O/c1-5(2)14-9-7(8(10)11-12-9)6(13-14)4-15-3/h5H,4H2,1-3H3,(H3,10,11,12). The fourth-order valence-electron chi connectivity index (χ4n) is 1.62. The summed E-state index contributed by atoms with van der Waals surface area (Å²) in [6, 6.07) is 0.251. The third kappa shape index (κ3) is 1.46. The molecule has 0 aliphatic heterocycles. The zero-order chi connectivity index (χ0) is 11.0. The van der Waals surface area contributed by atoms with Crippen molar-refractivity contribution in [2.24, 2.45) is 0 Å². The molecule has 2 aromatic heterocycles. The third-order valence-electron chi connectivity index (χ3n) is 2.28. The average molecular weight is 209 g/mol. The Balaban J connectivity index is 2.64. The van der Waals surface area contributed by atoms with Crippen molar-refractivity contribution in [2.45, 2.75) is 26.5 Å². The Morgan fingerprint density at radius 2 is 2.27 bits per heavy atom. The molecule has 15 heavy (non-hydrogen) atoms. The highest BCUT2D eigenvalue weighted by atomic mass is 16.5. The van der Waals surface area contributed by atoms with E-state index in [0.717, 1.165) is 16.7 Å². The summed E-state index contributed by atoms with van der Waals surface area (Å²) in [5.74, 6) is 0.545. The first kappa shape index (κ1) is 9.97. The van der Waals surface area contributed by atoms with Crippen molar-refractivity contribution in [3.05, 3.63) is 5.69 Å². The van der Waals surface area contributed by atoms with E-state index in [9.17, 15) is 0 Å². The molecule has 2 rings (SSSR count). The van der Waals surface area contributed by atoms with Crippen molar-refractivity contribution in [1.29, 1.82) is 0 Å². The first-order chi connectivity index (χ1) is 7.15. The molecule has 0 spiro atoms. The van der Waals surface area contributed by atoms with Crippen LogP contribution in [0.2, 0.25) is 0 Å². The van der Waals surface area contributed by atoms with Gasteiger partial charge in [0.2, 0.25) is 0 Å². The number of fused-ring (bicyclic) bond motifs is 1. The summed E-state index contributed by atoms with van der Waals surface area (Å²) in [4.78, 5) is 0. The molecule has 0 saturated carbocycles. The molecule has 0 atom stereocenters. The van der Waals surface area contributed by atoms with Gasteiger partial charge < -0.3 is 10.5 Å². The van der Waals surface area contributed by atoms with Gasteiger partial charge in [0.25, 0.3) is 0 Å². The molecule has 0 amide bonds. The molecule has 0 radical (unpaired) electrons. The van der Waals surface area contributed by atoms with Gasteiger partial charge in [0.15, 0.2) is 5.65 Å². The number of rotatable bonds is 3. The van der Waals surface area contributed by atoms with Gasteiger partial charge in [0, 0.05) is 13.2 Å². The van der Waals surface area contributed by atoms with Crippen LogP contribution in [0.1, 0.15) is 25.6 Å². The van der Waals surface area contributed by atoms with Crippen LogP contribution in [0, 0.1) is 0 Å². The highest BCUT2D eigenvalue weighted by Gasteiger charge is 2.17. The topological polar surface area (TPSA) is 81.8 Å². The van der Waals surface area contributed by atoms with E-state index >= 15 is 0 Å². The van der Waals surface area contributed by atoms with Crippen LogP contribution in [0.15, 0.2) is 0 Å². The minimum atomic E-state index is 0.251. The van der Waals surface area contributed by atoms with Crippen molar-refractivity contribution < 1.29 is 4.74 Å². The van der Waals surface area contributed by atoms with Crippen LogP contribution in [0.3, 0.4) is 0 Å². The lowest BCUT2D eigenvalue weighted by atomic mass is 10.3. The monoisotopic (exact) mass is 209 g/mol. The van der Waals surface area contributed by atoms with Crippen LogP contribution < -0.4 is 5.73 Å². The molecule has 3 N–H and O–H groups in total. The van der Waals surface area contributed by atoms with E-state index in [1.807, 2.05) is 18.5 Å². The van der Waals surface area contributed by atoms with Gasteiger partial charge in [-0.05, 0) is 13.8 Å². The van der Waals surface area contributed by atoms with E-state index in [-0.39, 0.29) is 6.04 Å². The fraction of sp³-hybridized carbons (Fsp3) is 0.556. The number of aromatic nitrogens is 4. The molecule has 2 aromatic rings. The summed E-state index contributed by atoms with van der Waals surface area (Å²) >= 11 is 0. The summed E-state index contributed by atoms with van der Waals surface area (Å²) in [7, 11) is 1.64. The lowest BCUT2D eigenvalue weighted by Gasteiger charge is -2.04. The Bertz CT molecular complexity index is 470. The molecule has 2 heterocycles. The number of methoxy groups -OCH3 is 1. The first-order valence-corrected chi connectivity index (χ1v) is 4.85. The maximum absolute atomic E-state index is 5.79. The summed E-state index contributed by atoms with van der Waals surface area (Å²) < 4.78 is 6.92. The van der Waals surface area contributed by atoms with Crippen molar-refractivity contribution in [1.82, 2.24) is 20.0 Å². The van der Waals surface area contributed by atoms with Crippen LogP contribution in [0.5, 0.6) is 0 Å². The smallest absolute Gasteiger partial charge is 0.182 e. The highest BCUT2D eigenvalue weighted by Crippen LogP contribution is 2.24. The number of anilines is 1.